The zero-order valence-electron chi connectivity index (χ0n) is 9.91. The van der Waals surface area contributed by atoms with Crippen molar-refractivity contribution < 1.29 is 13.6 Å². The number of thiocarbonyl (C=S) groups is 1. The number of hydrogen-bond acceptors (Lipinski definition) is 5. The largest absolute Gasteiger partial charge is 0.337 e. The van der Waals surface area contributed by atoms with Crippen LogP contribution >= 0.6 is 19.8 Å². The number of hydrogen-bond donors (Lipinski definition) is 0. The SMILES string of the molecule is COP(=O)(OC)C(C)c1ccccc1N=C=S. The quantitative estimate of drug-likeness (QED) is 0.462. The highest BCUT2D eigenvalue weighted by molar-refractivity contribution is 7.78. The Kier molecular flexibility index (Phi) is 5.19. The predicted octanol–water partition coefficient (Wildman–Crippen LogP) is 3.97. The van der Waals surface area contributed by atoms with Gasteiger partial charge in [-0.25, -0.2) is 0 Å². The van der Waals surface area contributed by atoms with Gasteiger partial charge >= 0.3 is 7.60 Å². The molecule has 0 radical (unpaired) electrons. The van der Waals surface area contributed by atoms with Crippen LogP contribution in [0.1, 0.15) is 18.1 Å². The maximum Gasteiger partial charge on any atom is 0.337 e. The summed E-state index contributed by atoms with van der Waals surface area (Å²) < 4.78 is 22.2. The molecule has 4 nitrogen and oxygen atoms in total. The standard InChI is InChI=1S/C11H14NO3PS/c1-9(16(13,14-2)15-3)10-6-4-5-7-11(10)12-8-17/h4-7,9H,1-3H3. The third-order valence-corrected chi connectivity index (χ3v) is 4.87. The van der Waals surface area contributed by atoms with Gasteiger partial charge < -0.3 is 9.05 Å². The van der Waals surface area contributed by atoms with Crippen molar-refractivity contribution in [3.05, 3.63) is 29.8 Å². The molecular weight excluding hydrogens is 257 g/mol. The summed E-state index contributed by atoms with van der Waals surface area (Å²) in [5.74, 6) is 0. The Morgan fingerprint density at radius 3 is 2.47 bits per heavy atom. The summed E-state index contributed by atoms with van der Waals surface area (Å²) in [6.45, 7) is 1.77. The van der Waals surface area contributed by atoms with E-state index in [-0.39, 0.29) is 0 Å². The maximum atomic E-state index is 12.3. The van der Waals surface area contributed by atoms with Crippen molar-refractivity contribution in [3.63, 3.8) is 0 Å². The molecule has 1 atom stereocenters. The maximum absolute atomic E-state index is 12.3. The molecule has 17 heavy (non-hydrogen) atoms. The molecule has 1 aromatic carbocycles. The van der Waals surface area contributed by atoms with Crippen LogP contribution in [0.2, 0.25) is 0 Å². The highest BCUT2D eigenvalue weighted by Gasteiger charge is 2.32. The molecule has 0 heterocycles. The molecule has 0 aromatic heterocycles. The Labute approximate surface area is 106 Å². The Balaban J connectivity index is 3.24. The van der Waals surface area contributed by atoms with Gasteiger partial charge in [0.15, 0.2) is 0 Å². The van der Waals surface area contributed by atoms with E-state index in [1.807, 2.05) is 18.2 Å². The molecule has 0 N–H and O–H groups in total. The first-order chi connectivity index (χ1) is 8.09. The van der Waals surface area contributed by atoms with E-state index in [0.29, 0.717) is 5.69 Å². The van der Waals surface area contributed by atoms with E-state index in [9.17, 15) is 4.57 Å². The first-order valence-corrected chi connectivity index (χ1v) is 6.99. The van der Waals surface area contributed by atoms with E-state index < -0.39 is 13.3 Å². The van der Waals surface area contributed by atoms with Crippen LogP contribution in [0.3, 0.4) is 0 Å². The van der Waals surface area contributed by atoms with Crippen LogP contribution in [-0.4, -0.2) is 19.4 Å². The zero-order chi connectivity index (χ0) is 12.9. The van der Waals surface area contributed by atoms with Gasteiger partial charge in [-0.3, -0.25) is 4.57 Å². The van der Waals surface area contributed by atoms with Crippen LogP contribution in [-0.2, 0) is 13.6 Å². The summed E-state index contributed by atoms with van der Waals surface area (Å²) >= 11 is 4.58. The smallest absolute Gasteiger partial charge is 0.312 e. The van der Waals surface area contributed by atoms with Gasteiger partial charge in [-0.05, 0) is 30.8 Å². The molecule has 1 rings (SSSR count). The molecule has 0 amide bonds. The molecule has 0 fully saturated rings. The van der Waals surface area contributed by atoms with Crippen LogP contribution in [0.4, 0.5) is 5.69 Å². The lowest BCUT2D eigenvalue weighted by Gasteiger charge is -2.21. The first kappa shape index (κ1) is 14.2. The second-order valence-corrected chi connectivity index (χ2v) is 6.11. The topological polar surface area (TPSA) is 47.9 Å². The number of isothiocyanates is 1. The summed E-state index contributed by atoms with van der Waals surface area (Å²) in [7, 11) is -0.433. The van der Waals surface area contributed by atoms with E-state index in [1.165, 1.54) is 14.2 Å². The molecule has 1 aromatic rings. The summed E-state index contributed by atoms with van der Waals surface area (Å²) in [6, 6.07) is 7.26. The third-order valence-electron chi connectivity index (χ3n) is 2.54. The average molecular weight is 271 g/mol. The second kappa shape index (κ2) is 6.20. The molecule has 0 bridgehead atoms. The molecule has 0 aliphatic carbocycles. The van der Waals surface area contributed by atoms with Crippen molar-refractivity contribution in [2.45, 2.75) is 12.6 Å². The lowest BCUT2D eigenvalue weighted by Crippen LogP contribution is -2.00. The first-order valence-electron chi connectivity index (χ1n) is 4.97. The minimum atomic E-state index is -3.17. The summed E-state index contributed by atoms with van der Waals surface area (Å²) in [6.07, 6.45) is 0. The fraction of sp³-hybridized carbons (Fsp3) is 0.364. The predicted molar refractivity (Wildman–Crippen MR) is 71.2 cm³/mol. The van der Waals surface area contributed by atoms with Gasteiger partial charge in [0, 0.05) is 14.2 Å². The van der Waals surface area contributed by atoms with E-state index in [0.717, 1.165) is 5.56 Å². The number of para-hydroxylation sites is 1. The molecule has 0 spiro atoms. The van der Waals surface area contributed by atoms with Gasteiger partial charge in [-0.1, -0.05) is 18.2 Å². The number of nitrogens with zero attached hydrogens (tertiary/aromatic N) is 1. The van der Waals surface area contributed by atoms with Gasteiger partial charge in [0.25, 0.3) is 0 Å². The Hall–Kier alpha value is -0.830. The lowest BCUT2D eigenvalue weighted by atomic mass is 10.1. The normalized spacial score (nSPS) is 12.9. The Morgan fingerprint density at radius 2 is 1.94 bits per heavy atom. The van der Waals surface area contributed by atoms with Gasteiger partial charge in [0.05, 0.1) is 16.5 Å². The molecule has 0 aliphatic rings. The molecule has 0 saturated carbocycles. The number of aliphatic imine (C=N–C) groups is 1. The van der Waals surface area contributed by atoms with Crippen LogP contribution in [0.15, 0.2) is 29.3 Å². The fourth-order valence-corrected chi connectivity index (χ4v) is 2.99. The molecule has 0 saturated heterocycles. The Bertz CT molecular complexity index is 477. The average Bonchev–Trinajstić information content (AvgIpc) is 2.38. The lowest BCUT2D eigenvalue weighted by molar-refractivity contribution is 0.267. The van der Waals surface area contributed by atoms with Crippen molar-refractivity contribution in [1.29, 1.82) is 0 Å². The summed E-state index contributed by atoms with van der Waals surface area (Å²) in [5.41, 5.74) is 0.974. The minimum Gasteiger partial charge on any atom is -0.312 e. The third kappa shape index (κ3) is 3.09. The molecular formula is C11H14NO3PS. The highest BCUT2D eigenvalue weighted by Crippen LogP contribution is 2.60. The van der Waals surface area contributed by atoms with E-state index in [2.05, 4.69) is 22.4 Å². The second-order valence-electron chi connectivity index (χ2n) is 3.34. The van der Waals surface area contributed by atoms with Gasteiger partial charge in [0.1, 0.15) is 0 Å². The Morgan fingerprint density at radius 1 is 1.35 bits per heavy atom. The molecule has 92 valence electrons. The summed E-state index contributed by atoms with van der Waals surface area (Å²) in [5, 5.41) is 2.30. The van der Waals surface area contributed by atoms with Crippen molar-refractivity contribution >= 4 is 30.7 Å². The minimum absolute atomic E-state index is 0.416. The van der Waals surface area contributed by atoms with Crippen molar-refractivity contribution in [2.24, 2.45) is 4.99 Å². The van der Waals surface area contributed by atoms with Gasteiger partial charge in [0.2, 0.25) is 0 Å². The zero-order valence-corrected chi connectivity index (χ0v) is 11.6. The van der Waals surface area contributed by atoms with E-state index in [1.54, 1.807) is 13.0 Å². The fourth-order valence-electron chi connectivity index (χ4n) is 1.55. The van der Waals surface area contributed by atoms with Crippen LogP contribution in [0.25, 0.3) is 0 Å². The van der Waals surface area contributed by atoms with Crippen LogP contribution < -0.4 is 0 Å². The molecule has 0 aliphatic heterocycles. The van der Waals surface area contributed by atoms with Gasteiger partial charge in [-0.2, -0.15) is 4.99 Å². The van der Waals surface area contributed by atoms with E-state index >= 15 is 0 Å². The molecule has 1 unspecified atom stereocenters. The molecule has 6 heteroatoms. The van der Waals surface area contributed by atoms with Crippen LogP contribution in [0.5, 0.6) is 0 Å². The van der Waals surface area contributed by atoms with Crippen molar-refractivity contribution in [3.8, 4) is 0 Å². The van der Waals surface area contributed by atoms with E-state index in [4.69, 9.17) is 9.05 Å². The monoisotopic (exact) mass is 271 g/mol. The number of rotatable bonds is 5. The van der Waals surface area contributed by atoms with Crippen LogP contribution in [0, 0.1) is 0 Å². The number of benzene rings is 1. The van der Waals surface area contributed by atoms with Crippen molar-refractivity contribution in [2.75, 3.05) is 14.2 Å². The highest BCUT2D eigenvalue weighted by atomic mass is 32.1. The summed E-state index contributed by atoms with van der Waals surface area (Å²) in [4.78, 5) is 3.94. The van der Waals surface area contributed by atoms with Gasteiger partial charge in [-0.15, -0.1) is 0 Å². The van der Waals surface area contributed by atoms with Crippen molar-refractivity contribution in [1.82, 2.24) is 0 Å².